The third-order valence-corrected chi connectivity index (χ3v) is 5.84. The van der Waals surface area contributed by atoms with E-state index in [2.05, 4.69) is 15.5 Å². The summed E-state index contributed by atoms with van der Waals surface area (Å²) in [6.45, 7) is 1.62. The van der Waals surface area contributed by atoms with Gasteiger partial charge in [0.2, 0.25) is 0 Å². The van der Waals surface area contributed by atoms with Crippen LogP contribution in [0.5, 0.6) is 5.75 Å². The van der Waals surface area contributed by atoms with E-state index in [-0.39, 0.29) is 12.1 Å². The number of carbonyl (C=O) groups excluding carboxylic acids is 1. The van der Waals surface area contributed by atoms with Gasteiger partial charge < -0.3 is 5.11 Å². The summed E-state index contributed by atoms with van der Waals surface area (Å²) in [6.07, 6.45) is 2.52. The summed E-state index contributed by atoms with van der Waals surface area (Å²) < 4.78 is 1.21. The van der Waals surface area contributed by atoms with Crippen molar-refractivity contribution in [1.29, 1.82) is 0 Å². The number of nitrogens with one attached hydrogen (secondary N) is 1. The van der Waals surface area contributed by atoms with Crippen LogP contribution in [0.15, 0.2) is 64.8 Å². The third-order valence-electron chi connectivity index (χ3n) is 4.83. The zero-order chi connectivity index (χ0) is 23.5. The van der Waals surface area contributed by atoms with Crippen molar-refractivity contribution < 1.29 is 14.8 Å². The molecule has 0 unspecified atom stereocenters. The normalized spacial score (nSPS) is 11.2. The minimum atomic E-state index is -0.726. The van der Waals surface area contributed by atoms with Crippen molar-refractivity contribution in [3.63, 3.8) is 0 Å². The number of hydrazone groups is 1. The lowest BCUT2D eigenvalue weighted by atomic mass is 10.0. The van der Waals surface area contributed by atoms with Gasteiger partial charge >= 0.3 is 5.69 Å². The Kier molecular flexibility index (Phi) is 5.96. The number of amides is 1. The number of nitrogens with zero attached hydrogens (tertiary/aromatic N) is 4. The van der Waals surface area contributed by atoms with E-state index in [1.807, 2.05) is 37.3 Å². The van der Waals surface area contributed by atoms with Crippen LogP contribution in [0.25, 0.3) is 21.3 Å². The lowest BCUT2D eigenvalue weighted by Gasteiger charge is -2.06. The Morgan fingerprint density at radius 2 is 2.06 bits per heavy atom. The standard InChI is InChI=1S/C22H17N5O5S/c1-13-19(15-5-3-2-4-6-15)20-21(33-13)23-12-26(22(20)30)11-18(29)25-24-10-14-7-8-17(28)16(9-14)27(31)32/h2-10,12,28H,11H2,1H3,(H,25,29). The van der Waals surface area contributed by atoms with Crippen molar-refractivity contribution in [1.82, 2.24) is 15.0 Å². The van der Waals surface area contributed by atoms with Gasteiger partial charge in [-0.1, -0.05) is 30.3 Å². The Morgan fingerprint density at radius 3 is 2.79 bits per heavy atom. The number of benzene rings is 2. The van der Waals surface area contributed by atoms with Crippen molar-refractivity contribution in [2.24, 2.45) is 5.10 Å². The lowest BCUT2D eigenvalue weighted by molar-refractivity contribution is -0.385. The van der Waals surface area contributed by atoms with E-state index < -0.39 is 22.3 Å². The maximum absolute atomic E-state index is 13.1. The van der Waals surface area contributed by atoms with Crippen molar-refractivity contribution in [2.75, 3.05) is 0 Å². The predicted molar refractivity (Wildman–Crippen MR) is 125 cm³/mol. The molecule has 0 fully saturated rings. The minimum Gasteiger partial charge on any atom is -0.502 e. The first-order chi connectivity index (χ1) is 15.8. The molecule has 0 aliphatic carbocycles. The van der Waals surface area contributed by atoms with Gasteiger partial charge in [-0.2, -0.15) is 5.10 Å². The maximum atomic E-state index is 13.1. The number of phenolic OH excluding ortho intramolecular Hbond substituents is 1. The molecule has 0 spiro atoms. The molecule has 4 rings (SSSR count). The van der Waals surface area contributed by atoms with Crippen molar-refractivity contribution in [3.8, 4) is 16.9 Å². The summed E-state index contributed by atoms with van der Waals surface area (Å²) in [4.78, 5) is 41.5. The van der Waals surface area contributed by atoms with Crippen LogP contribution in [0.1, 0.15) is 10.4 Å². The largest absolute Gasteiger partial charge is 0.502 e. The maximum Gasteiger partial charge on any atom is 0.311 e. The van der Waals surface area contributed by atoms with Gasteiger partial charge in [0.05, 0.1) is 22.9 Å². The summed E-state index contributed by atoms with van der Waals surface area (Å²) in [7, 11) is 0. The molecule has 10 nitrogen and oxygen atoms in total. The number of nitro groups is 1. The number of aromatic hydroxyl groups is 1. The molecule has 4 aromatic rings. The molecule has 2 heterocycles. The van der Waals surface area contributed by atoms with Gasteiger partial charge in [0, 0.05) is 22.1 Å². The minimum absolute atomic E-state index is 0.307. The summed E-state index contributed by atoms with van der Waals surface area (Å²) in [5, 5.41) is 24.6. The van der Waals surface area contributed by atoms with Crippen molar-refractivity contribution in [2.45, 2.75) is 13.5 Å². The second kappa shape index (κ2) is 9.01. The van der Waals surface area contributed by atoms with E-state index in [1.54, 1.807) is 0 Å². The number of thiophene rings is 1. The van der Waals surface area contributed by atoms with Crippen LogP contribution < -0.4 is 11.0 Å². The molecular weight excluding hydrogens is 446 g/mol. The summed E-state index contributed by atoms with van der Waals surface area (Å²) in [5.74, 6) is -1.04. The molecule has 2 aromatic carbocycles. The van der Waals surface area contributed by atoms with E-state index in [0.29, 0.717) is 15.8 Å². The van der Waals surface area contributed by atoms with Crippen LogP contribution >= 0.6 is 11.3 Å². The van der Waals surface area contributed by atoms with E-state index in [4.69, 9.17) is 0 Å². The Hall–Kier alpha value is -4.38. The lowest BCUT2D eigenvalue weighted by Crippen LogP contribution is -2.30. The van der Waals surface area contributed by atoms with Crippen LogP contribution in [0.4, 0.5) is 5.69 Å². The molecule has 0 bridgehead atoms. The van der Waals surface area contributed by atoms with Gasteiger partial charge in [-0.15, -0.1) is 11.3 Å². The highest BCUT2D eigenvalue weighted by atomic mass is 32.1. The SMILES string of the molecule is Cc1sc2ncn(CC(=O)NN=Cc3ccc(O)c([N+](=O)[O-])c3)c(=O)c2c1-c1ccccc1. The molecule has 11 heteroatoms. The zero-order valence-electron chi connectivity index (χ0n) is 17.3. The van der Waals surface area contributed by atoms with E-state index in [0.717, 1.165) is 28.1 Å². The smallest absolute Gasteiger partial charge is 0.311 e. The van der Waals surface area contributed by atoms with Gasteiger partial charge in [-0.25, -0.2) is 10.4 Å². The van der Waals surface area contributed by atoms with Gasteiger partial charge in [0.25, 0.3) is 11.5 Å². The quantitative estimate of drug-likeness (QED) is 0.256. The molecule has 1 amide bonds. The first-order valence-electron chi connectivity index (χ1n) is 9.68. The number of phenols is 1. The molecule has 2 aromatic heterocycles. The highest BCUT2D eigenvalue weighted by Crippen LogP contribution is 2.35. The number of fused-ring (bicyclic) bond motifs is 1. The van der Waals surface area contributed by atoms with Crippen molar-refractivity contribution >= 4 is 39.4 Å². The Balaban J connectivity index is 1.55. The second-order valence-corrected chi connectivity index (χ2v) is 8.26. The van der Waals surface area contributed by atoms with Gasteiger partial charge in [0.1, 0.15) is 11.4 Å². The number of carbonyl (C=O) groups is 1. The first kappa shape index (κ1) is 21.8. The van der Waals surface area contributed by atoms with Gasteiger partial charge in [0.15, 0.2) is 5.75 Å². The fraction of sp³-hybridized carbons (Fsp3) is 0.0909. The molecule has 166 valence electrons. The predicted octanol–water partition coefficient (Wildman–Crippen LogP) is 3.20. The Bertz CT molecular complexity index is 1460. The summed E-state index contributed by atoms with van der Waals surface area (Å²) >= 11 is 1.42. The van der Waals surface area contributed by atoms with Crippen molar-refractivity contribution in [3.05, 3.63) is 85.8 Å². The van der Waals surface area contributed by atoms with Gasteiger partial charge in [-0.05, 0) is 24.6 Å². The third kappa shape index (κ3) is 4.48. The molecule has 0 atom stereocenters. The summed E-state index contributed by atoms with van der Waals surface area (Å²) in [6, 6.07) is 13.2. The highest BCUT2D eigenvalue weighted by Gasteiger charge is 2.17. The summed E-state index contributed by atoms with van der Waals surface area (Å²) in [5.41, 5.74) is 3.48. The second-order valence-electron chi connectivity index (χ2n) is 7.06. The molecule has 33 heavy (non-hydrogen) atoms. The molecule has 0 aliphatic heterocycles. The molecular formula is C22H17N5O5S. The number of aryl methyl sites for hydroxylation is 1. The fourth-order valence-electron chi connectivity index (χ4n) is 3.34. The first-order valence-corrected chi connectivity index (χ1v) is 10.5. The Morgan fingerprint density at radius 1 is 1.30 bits per heavy atom. The fourth-order valence-corrected chi connectivity index (χ4v) is 4.34. The molecule has 2 N–H and O–H groups in total. The number of hydrogen-bond acceptors (Lipinski definition) is 8. The average Bonchev–Trinajstić information content (AvgIpc) is 3.14. The topological polar surface area (TPSA) is 140 Å². The molecule has 0 radical (unpaired) electrons. The van der Waals surface area contributed by atoms with Crippen LogP contribution in [-0.2, 0) is 11.3 Å². The molecule has 0 saturated carbocycles. The van der Waals surface area contributed by atoms with Crippen LogP contribution in [-0.4, -0.2) is 31.7 Å². The number of rotatable bonds is 6. The monoisotopic (exact) mass is 463 g/mol. The molecule has 0 saturated heterocycles. The number of hydrogen-bond donors (Lipinski definition) is 2. The number of nitro benzene ring substituents is 1. The zero-order valence-corrected chi connectivity index (χ0v) is 18.1. The Labute approximate surface area is 190 Å². The van der Waals surface area contributed by atoms with Crippen LogP contribution in [0.2, 0.25) is 0 Å². The van der Waals surface area contributed by atoms with E-state index >= 15 is 0 Å². The van der Waals surface area contributed by atoms with E-state index in [1.165, 1.54) is 34.5 Å². The molecule has 0 aliphatic rings. The number of aromatic nitrogens is 2. The van der Waals surface area contributed by atoms with Crippen LogP contribution in [0, 0.1) is 17.0 Å². The van der Waals surface area contributed by atoms with Crippen LogP contribution in [0.3, 0.4) is 0 Å². The highest BCUT2D eigenvalue weighted by molar-refractivity contribution is 7.19. The van der Waals surface area contributed by atoms with E-state index in [9.17, 15) is 24.8 Å². The van der Waals surface area contributed by atoms with Gasteiger partial charge in [-0.3, -0.25) is 24.3 Å². The average molecular weight is 463 g/mol.